The van der Waals surface area contributed by atoms with Crippen LogP contribution in [0.4, 0.5) is 0 Å². The molecule has 2 aromatic rings. The number of sulfonamides is 1. The average Bonchev–Trinajstić information content (AvgIpc) is 2.29. The van der Waals surface area contributed by atoms with Crippen LogP contribution in [0.25, 0.3) is 16.4 Å². The first-order valence-electron chi connectivity index (χ1n) is 4.59. The molecule has 0 fully saturated rings. The van der Waals surface area contributed by atoms with Gasteiger partial charge in [-0.1, -0.05) is 24.3 Å². The number of hydrogen-bond donors (Lipinski definition) is 0. The van der Waals surface area contributed by atoms with Crippen LogP contribution in [-0.2, 0) is 10.0 Å². The Morgan fingerprint density at radius 1 is 1.00 bits per heavy atom. The fraction of sp³-hybridized carbons (Fsp3) is 0. The van der Waals surface area contributed by atoms with Crippen LogP contribution in [0.1, 0.15) is 0 Å². The topological polar surface area (TPSA) is 70.8 Å². The van der Waals surface area contributed by atoms with Crippen molar-refractivity contribution in [2.75, 3.05) is 0 Å². The minimum Gasteiger partial charge on any atom is -0.560 e. The monoisotopic (exact) mass is 256 g/mol. The second kappa shape index (κ2) is 5.75. The van der Waals surface area contributed by atoms with E-state index in [4.69, 9.17) is 5.14 Å². The van der Waals surface area contributed by atoms with E-state index < -0.39 is 10.0 Å². The molecule has 0 spiro atoms. The first kappa shape index (κ1) is 14.3. The maximum absolute atomic E-state index is 11.3. The van der Waals surface area contributed by atoms with Crippen LogP contribution in [0.2, 0.25) is 0 Å². The zero-order valence-corrected chi connectivity index (χ0v) is 12.1. The number of nitrogens with one attached hydrogen (secondary N) is 1. The Bertz CT molecular complexity index is 600. The van der Waals surface area contributed by atoms with Crippen molar-refractivity contribution < 1.29 is 38.0 Å². The van der Waals surface area contributed by atoms with Crippen molar-refractivity contribution in [1.82, 2.24) is 4.98 Å². The van der Waals surface area contributed by atoms with Gasteiger partial charge >= 0.3 is 29.6 Å². The van der Waals surface area contributed by atoms with Crippen LogP contribution in [0.15, 0.2) is 53.6 Å². The Balaban J connectivity index is 0.00000144. The minimum absolute atomic E-state index is 0. The second-order valence-electron chi connectivity index (χ2n) is 3.21. The molecule has 17 heavy (non-hydrogen) atoms. The molecule has 1 aromatic heterocycles. The van der Waals surface area contributed by atoms with Gasteiger partial charge in [0.1, 0.15) is 0 Å². The van der Waals surface area contributed by atoms with E-state index in [1.165, 1.54) is 6.07 Å². The van der Waals surface area contributed by atoms with Gasteiger partial charge in [0.25, 0.3) is 0 Å². The van der Waals surface area contributed by atoms with Crippen LogP contribution < -0.4 is 29.6 Å². The van der Waals surface area contributed by atoms with Gasteiger partial charge in [0.15, 0.2) is 0 Å². The summed E-state index contributed by atoms with van der Waals surface area (Å²) < 4.78 is 22.5. The third-order valence-electron chi connectivity index (χ3n) is 2.12. The predicted molar refractivity (Wildman–Crippen MR) is 61.2 cm³/mol. The average molecular weight is 256 g/mol. The smallest absolute Gasteiger partial charge is 0.560 e. The van der Waals surface area contributed by atoms with Crippen molar-refractivity contribution >= 4 is 10.0 Å². The minimum atomic E-state index is -3.97. The van der Waals surface area contributed by atoms with E-state index in [1.54, 1.807) is 42.6 Å². The number of pyridine rings is 1. The maximum atomic E-state index is 11.3. The summed E-state index contributed by atoms with van der Waals surface area (Å²) in [5.74, 6) is 0. The van der Waals surface area contributed by atoms with Crippen molar-refractivity contribution in [1.29, 1.82) is 0 Å². The van der Waals surface area contributed by atoms with Crippen LogP contribution in [0, 0.1) is 0 Å². The molecule has 1 N–H and O–H groups in total. The molecule has 0 saturated carbocycles. The van der Waals surface area contributed by atoms with Crippen molar-refractivity contribution in [2.24, 2.45) is 0 Å². The van der Waals surface area contributed by atoms with Crippen LogP contribution in [-0.4, -0.2) is 13.4 Å². The van der Waals surface area contributed by atoms with Crippen LogP contribution >= 0.6 is 0 Å². The summed E-state index contributed by atoms with van der Waals surface area (Å²) in [6.45, 7) is 0. The van der Waals surface area contributed by atoms with Crippen molar-refractivity contribution in [2.45, 2.75) is 4.90 Å². The number of hydrogen-bond acceptors (Lipinski definition) is 3. The van der Waals surface area contributed by atoms with Gasteiger partial charge in [-0.3, -0.25) is 4.98 Å². The maximum Gasteiger partial charge on any atom is 1.00 e. The molecule has 0 aliphatic carbocycles. The molecule has 4 nitrogen and oxygen atoms in total. The summed E-state index contributed by atoms with van der Waals surface area (Å²) in [7, 11) is -3.97. The molecule has 0 radical (unpaired) electrons. The molecule has 1 heterocycles. The third-order valence-corrected chi connectivity index (χ3v) is 3.05. The first-order valence-corrected chi connectivity index (χ1v) is 6.07. The van der Waals surface area contributed by atoms with E-state index in [0.717, 1.165) is 0 Å². The molecule has 0 aliphatic rings. The van der Waals surface area contributed by atoms with E-state index in [1.807, 2.05) is 0 Å². The van der Waals surface area contributed by atoms with Crippen molar-refractivity contribution in [3.8, 4) is 11.3 Å². The van der Waals surface area contributed by atoms with E-state index in [2.05, 4.69) is 4.98 Å². The second-order valence-corrected chi connectivity index (χ2v) is 4.66. The molecule has 0 bridgehead atoms. The predicted octanol–water partition coefficient (Wildman–Crippen LogP) is -0.507. The molecule has 0 unspecified atom stereocenters. The summed E-state index contributed by atoms with van der Waals surface area (Å²) in [5.41, 5.74) is 1.01. The summed E-state index contributed by atoms with van der Waals surface area (Å²) >= 11 is 0. The molecule has 82 valence electrons. The van der Waals surface area contributed by atoms with Crippen LogP contribution in [0.5, 0.6) is 0 Å². The molecule has 2 rings (SSSR count). The number of rotatable bonds is 2. The Hall–Kier alpha value is -0.720. The zero-order chi connectivity index (χ0) is 11.6. The van der Waals surface area contributed by atoms with Gasteiger partial charge in [0.2, 0.25) is 0 Å². The fourth-order valence-corrected chi connectivity index (χ4v) is 2.15. The Morgan fingerprint density at radius 3 is 2.24 bits per heavy atom. The first-order chi connectivity index (χ1) is 7.59. The van der Waals surface area contributed by atoms with Gasteiger partial charge < -0.3 is 5.14 Å². The summed E-state index contributed by atoms with van der Waals surface area (Å²) in [4.78, 5) is 4.06. The standard InChI is InChI=1S/C11H9N2O2S.Na/c12-16(14,15)11-7-2-1-5-9(11)10-6-3-4-8-13-10;/h1-8H,(H-,12,14,15);/q-1;+1. The van der Waals surface area contributed by atoms with E-state index in [-0.39, 0.29) is 34.5 Å². The van der Waals surface area contributed by atoms with Crippen molar-refractivity contribution in [3.63, 3.8) is 0 Å². The SMILES string of the molecule is [NH-]S(=O)(=O)c1ccccc1-c1ccccn1.[Na+]. The fourth-order valence-electron chi connectivity index (χ4n) is 1.43. The van der Waals surface area contributed by atoms with Gasteiger partial charge in [-0.2, -0.15) is 0 Å². The molecule has 6 heteroatoms. The summed E-state index contributed by atoms with van der Waals surface area (Å²) in [6.07, 6.45) is 1.59. The van der Waals surface area contributed by atoms with Crippen molar-refractivity contribution in [3.05, 3.63) is 53.8 Å². The zero-order valence-electron chi connectivity index (χ0n) is 9.29. The van der Waals surface area contributed by atoms with Crippen LogP contribution in [0.3, 0.4) is 0 Å². The molecular formula is C11H9N2NaO2S. The van der Waals surface area contributed by atoms with Gasteiger partial charge in [0, 0.05) is 11.8 Å². The third kappa shape index (κ3) is 3.37. The molecule has 0 atom stereocenters. The summed E-state index contributed by atoms with van der Waals surface area (Å²) in [6, 6.07) is 11.6. The Labute approximate surface area is 122 Å². The Morgan fingerprint density at radius 2 is 1.65 bits per heavy atom. The van der Waals surface area contributed by atoms with Gasteiger partial charge in [-0.25, -0.2) is 8.42 Å². The van der Waals surface area contributed by atoms with Gasteiger partial charge in [0.05, 0.1) is 20.6 Å². The molecule has 1 aromatic carbocycles. The normalized spacial score (nSPS) is 10.6. The molecule has 0 amide bonds. The van der Waals surface area contributed by atoms with E-state index >= 15 is 0 Å². The van der Waals surface area contributed by atoms with Gasteiger partial charge in [-0.05, 0) is 18.2 Å². The quantitative estimate of drug-likeness (QED) is 0.680. The molecular weight excluding hydrogens is 247 g/mol. The Kier molecular flexibility index (Phi) is 4.85. The van der Waals surface area contributed by atoms with E-state index in [0.29, 0.717) is 11.3 Å². The molecule has 0 saturated heterocycles. The number of nitrogens with zero attached hydrogens (tertiary/aromatic N) is 1. The number of benzene rings is 1. The molecule has 0 aliphatic heterocycles. The summed E-state index contributed by atoms with van der Waals surface area (Å²) in [5, 5.41) is 7.11. The largest absolute Gasteiger partial charge is 1.00 e. The van der Waals surface area contributed by atoms with Gasteiger partial charge in [-0.15, -0.1) is 0 Å². The van der Waals surface area contributed by atoms with E-state index in [9.17, 15) is 8.42 Å². The number of aromatic nitrogens is 1.